The van der Waals surface area contributed by atoms with Gasteiger partial charge >= 0.3 is 6.03 Å². The fraction of sp³-hybridized carbons (Fsp3) is 0.333. The fourth-order valence-electron chi connectivity index (χ4n) is 1.98. The fourth-order valence-corrected chi connectivity index (χ4v) is 1.98. The number of hydrogen-bond acceptors (Lipinski definition) is 2. The van der Waals surface area contributed by atoms with Crippen LogP contribution in [-0.2, 0) is 0 Å². The Kier molecular flexibility index (Phi) is 4.19. The number of allylic oxidation sites excluding steroid dienone is 1. The maximum atomic E-state index is 11.0. The van der Waals surface area contributed by atoms with Crippen molar-refractivity contribution in [1.29, 1.82) is 0 Å². The lowest BCUT2D eigenvalue weighted by Crippen LogP contribution is -2.39. The summed E-state index contributed by atoms with van der Waals surface area (Å²) < 4.78 is 0. The number of nitrogens with two attached hydrogens (primary N) is 1. The number of aryl methyl sites for hydroxylation is 1. The van der Waals surface area contributed by atoms with Gasteiger partial charge in [0.05, 0.1) is 0 Å². The number of piperidine rings is 1. The second kappa shape index (κ2) is 6.05. The second-order valence-corrected chi connectivity index (χ2v) is 4.56. The number of carbonyl (C=O) groups excluding carboxylic acids is 1. The molecule has 1 saturated heterocycles. The van der Waals surface area contributed by atoms with E-state index in [2.05, 4.69) is 16.8 Å². The lowest BCUT2D eigenvalue weighted by atomic mass is 10.0. The number of carbonyl (C=O) groups is 1. The Morgan fingerprint density at radius 2 is 2.16 bits per heavy atom. The van der Waals surface area contributed by atoms with Crippen molar-refractivity contribution in [3.63, 3.8) is 0 Å². The van der Waals surface area contributed by atoms with Crippen LogP contribution in [-0.4, -0.2) is 29.0 Å². The van der Waals surface area contributed by atoms with Crippen molar-refractivity contribution in [3.05, 3.63) is 41.2 Å². The molecule has 4 heteroatoms. The van der Waals surface area contributed by atoms with Gasteiger partial charge in [0, 0.05) is 18.8 Å². The summed E-state index contributed by atoms with van der Waals surface area (Å²) in [5.41, 5.74) is 8.25. The molecule has 1 aliphatic heterocycles. The number of primary amides is 1. The van der Waals surface area contributed by atoms with Gasteiger partial charge in [-0.05, 0) is 43.9 Å². The van der Waals surface area contributed by atoms with E-state index in [4.69, 9.17) is 5.73 Å². The van der Waals surface area contributed by atoms with E-state index in [-0.39, 0.29) is 6.03 Å². The molecule has 0 aromatic carbocycles. The van der Waals surface area contributed by atoms with Crippen LogP contribution in [0.25, 0.3) is 0 Å². The molecule has 1 aromatic heterocycles. The number of amides is 2. The smallest absolute Gasteiger partial charge is 0.314 e. The summed E-state index contributed by atoms with van der Waals surface area (Å²) in [6, 6.07) is 5.46. The van der Waals surface area contributed by atoms with Gasteiger partial charge in [0.25, 0.3) is 0 Å². The molecule has 0 aliphatic carbocycles. The monoisotopic (exact) mass is 255 g/mol. The molecule has 1 aliphatic rings. The summed E-state index contributed by atoms with van der Waals surface area (Å²) in [4.78, 5) is 17.0. The van der Waals surface area contributed by atoms with Crippen molar-refractivity contribution in [2.75, 3.05) is 13.1 Å². The zero-order valence-corrected chi connectivity index (χ0v) is 11.0. The van der Waals surface area contributed by atoms with Crippen molar-refractivity contribution < 1.29 is 4.79 Å². The molecule has 0 saturated carbocycles. The third kappa shape index (κ3) is 3.85. The summed E-state index contributed by atoms with van der Waals surface area (Å²) in [6.07, 6.45) is 3.63. The van der Waals surface area contributed by atoms with Crippen LogP contribution >= 0.6 is 0 Å². The van der Waals surface area contributed by atoms with Crippen LogP contribution < -0.4 is 5.73 Å². The van der Waals surface area contributed by atoms with Gasteiger partial charge in [0.1, 0.15) is 5.69 Å². The highest BCUT2D eigenvalue weighted by atomic mass is 16.2. The predicted molar refractivity (Wildman–Crippen MR) is 74.3 cm³/mol. The van der Waals surface area contributed by atoms with Crippen LogP contribution in [0.3, 0.4) is 0 Å². The molecular weight excluding hydrogens is 238 g/mol. The third-order valence-corrected chi connectivity index (χ3v) is 3.08. The number of likely N-dealkylation sites (tertiary alicyclic amines) is 1. The van der Waals surface area contributed by atoms with Gasteiger partial charge in [-0.15, -0.1) is 0 Å². The Labute approximate surface area is 113 Å². The summed E-state index contributed by atoms with van der Waals surface area (Å²) in [5, 5.41) is 0. The largest absolute Gasteiger partial charge is 0.351 e. The molecule has 98 valence electrons. The zero-order chi connectivity index (χ0) is 13.7. The molecule has 2 rings (SSSR count). The number of aromatic nitrogens is 1. The molecule has 4 nitrogen and oxygen atoms in total. The molecule has 0 spiro atoms. The maximum absolute atomic E-state index is 11.0. The van der Waals surface area contributed by atoms with Gasteiger partial charge in [0.2, 0.25) is 0 Å². The van der Waals surface area contributed by atoms with Crippen LogP contribution in [0, 0.1) is 18.8 Å². The average molecular weight is 255 g/mol. The van der Waals surface area contributed by atoms with Crippen LogP contribution in [0.4, 0.5) is 4.79 Å². The molecule has 2 heterocycles. The van der Waals surface area contributed by atoms with E-state index in [0.717, 1.165) is 24.2 Å². The number of urea groups is 1. The number of nitrogens with zero attached hydrogens (tertiary/aromatic N) is 2. The van der Waals surface area contributed by atoms with Gasteiger partial charge in [-0.25, -0.2) is 9.78 Å². The minimum Gasteiger partial charge on any atom is -0.351 e. The Balaban J connectivity index is 1.96. The molecule has 0 atom stereocenters. The SMILES string of the molecule is Cc1cccc(C#CC=C2CCN(C(N)=O)CC2)n1. The van der Waals surface area contributed by atoms with Gasteiger partial charge in [0.15, 0.2) is 0 Å². The first kappa shape index (κ1) is 13.2. The second-order valence-electron chi connectivity index (χ2n) is 4.56. The lowest BCUT2D eigenvalue weighted by Gasteiger charge is -2.26. The lowest BCUT2D eigenvalue weighted by molar-refractivity contribution is 0.203. The van der Waals surface area contributed by atoms with E-state index in [1.54, 1.807) is 4.90 Å². The minimum absolute atomic E-state index is 0.339. The van der Waals surface area contributed by atoms with E-state index in [1.807, 2.05) is 31.2 Å². The van der Waals surface area contributed by atoms with E-state index in [0.29, 0.717) is 13.1 Å². The van der Waals surface area contributed by atoms with Crippen molar-refractivity contribution in [2.24, 2.45) is 5.73 Å². The Morgan fingerprint density at radius 3 is 2.79 bits per heavy atom. The topological polar surface area (TPSA) is 59.2 Å². The van der Waals surface area contributed by atoms with Crippen LogP contribution in [0.2, 0.25) is 0 Å². The van der Waals surface area contributed by atoms with E-state index < -0.39 is 0 Å². The third-order valence-electron chi connectivity index (χ3n) is 3.08. The van der Waals surface area contributed by atoms with Crippen LogP contribution in [0.15, 0.2) is 29.8 Å². The summed E-state index contributed by atoms with van der Waals surface area (Å²) in [5.74, 6) is 6.06. The Hall–Kier alpha value is -2.28. The van der Waals surface area contributed by atoms with Crippen molar-refractivity contribution in [3.8, 4) is 11.8 Å². The molecule has 19 heavy (non-hydrogen) atoms. The molecule has 1 fully saturated rings. The highest BCUT2D eigenvalue weighted by Crippen LogP contribution is 2.15. The number of pyridine rings is 1. The number of rotatable bonds is 0. The quantitative estimate of drug-likeness (QED) is 0.719. The van der Waals surface area contributed by atoms with E-state index in [9.17, 15) is 4.79 Å². The number of hydrogen-bond donors (Lipinski definition) is 1. The summed E-state index contributed by atoms with van der Waals surface area (Å²) in [6.45, 7) is 3.32. The molecule has 2 amide bonds. The molecule has 0 unspecified atom stereocenters. The van der Waals surface area contributed by atoms with Gasteiger partial charge < -0.3 is 10.6 Å². The molecule has 0 bridgehead atoms. The first-order chi connectivity index (χ1) is 9.15. The zero-order valence-electron chi connectivity index (χ0n) is 11.0. The Bertz CT molecular complexity index is 556. The van der Waals surface area contributed by atoms with Gasteiger partial charge in [-0.2, -0.15) is 0 Å². The predicted octanol–water partition coefficient (Wildman–Crippen LogP) is 1.84. The standard InChI is InChI=1S/C15H17N3O/c1-12-4-2-6-14(17-12)7-3-5-13-8-10-18(11-9-13)15(16)19/h2,4-6H,8-11H2,1H3,(H2,16,19). The van der Waals surface area contributed by atoms with Crippen molar-refractivity contribution in [2.45, 2.75) is 19.8 Å². The summed E-state index contributed by atoms with van der Waals surface area (Å²) >= 11 is 0. The molecule has 0 radical (unpaired) electrons. The first-order valence-corrected chi connectivity index (χ1v) is 6.32. The molecular formula is C15H17N3O. The first-order valence-electron chi connectivity index (χ1n) is 6.32. The van der Waals surface area contributed by atoms with Crippen LogP contribution in [0.5, 0.6) is 0 Å². The van der Waals surface area contributed by atoms with Crippen molar-refractivity contribution >= 4 is 6.03 Å². The molecule has 1 aromatic rings. The average Bonchev–Trinajstić information content (AvgIpc) is 2.39. The highest BCUT2D eigenvalue weighted by molar-refractivity contribution is 5.72. The minimum atomic E-state index is -0.339. The maximum Gasteiger partial charge on any atom is 0.314 e. The van der Waals surface area contributed by atoms with E-state index in [1.165, 1.54) is 5.57 Å². The van der Waals surface area contributed by atoms with Crippen LogP contribution in [0.1, 0.15) is 24.2 Å². The Morgan fingerprint density at radius 1 is 1.42 bits per heavy atom. The van der Waals surface area contributed by atoms with Crippen molar-refractivity contribution in [1.82, 2.24) is 9.88 Å². The van der Waals surface area contributed by atoms with E-state index >= 15 is 0 Å². The summed E-state index contributed by atoms with van der Waals surface area (Å²) in [7, 11) is 0. The van der Waals surface area contributed by atoms with Gasteiger partial charge in [-0.3, -0.25) is 0 Å². The normalized spacial score (nSPS) is 14.6. The highest BCUT2D eigenvalue weighted by Gasteiger charge is 2.15. The molecule has 2 N–H and O–H groups in total. The van der Waals surface area contributed by atoms with Gasteiger partial charge in [-0.1, -0.05) is 17.6 Å².